The second-order valence-corrected chi connectivity index (χ2v) is 6.24. The first-order valence-corrected chi connectivity index (χ1v) is 9.06. The van der Waals surface area contributed by atoms with Crippen LogP contribution in [0.3, 0.4) is 0 Å². The van der Waals surface area contributed by atoms with Gasteiger partial charge in [0.25, 0.3) is 5.56 Å². The number of rotatable bonds is 5. The Morgan fingerprint density at radius 1 is 1.10 bits per heavy atom. The summed E-state index contributed by atoms with van der Waals surface area (Å²) in [4.78, 5) is 21.2. The molecule has 0 saturated carbocycles. The van der Waals surface area contributed by atoms with Crippen molar-refractivity contribution in [2.75, 3.05) is 12.4 Å². The number of halogens is 1. The molecule has 4 aromatic rings. The molecule has 0 saturated heterocycles. The van der Waals surface area contributed by atoms with Crippen LogP contribution in [0.1, 0.15) is 5.56 Å². The van der Waals surface area contributed by atoms with E-state index < -0.39 is 0 Å². The molecule has 0 aliphatic heterocycles. The monoisotopic (exact) mass is 408 g/mol. The van der Waals surface area contributed by atoms with Crippen molar-refractivity contribution in [2.45, 2.75) is 6.54 Å². The Kier molecular flexibility index (Phi) is 6.66. The predicted molar refractivity (Wildman–Crippen MR) is 112 cm³/mol. The van der Waals surface area contributed by atoms with Crippen LogP contribution in [0.25, 0.3) is 11.3 Å². The molecule has 0 amide bonds. The average molecular weight is 408 g/mol. The van der Waals surface area contributed by atoms with Gasteiger partial charge in [0.1, 0.15) is 11.6 Å². The Morgan fingerprint density at radius 2 is 1.93 bits per heavy atom. The van der Waals surface area contributed by atoms with E-state index in [0.29, 0.717) is 23.8 Å². The van der Waals surface area contributed by atoms with Crippen molar-refractivity contribution in [3.05, 3.63) is 88.9 Å². The van der Waals surface area contributed by atoms with E-state index in [1.54, 1.807) is 47.5 Å². The first-order valence-electron chi connectivity index (χ1n) is 9.06. The van der Waals surface area contributed by atoms with Crippen LogP contribution in [0.2, 0.25) is 0 Å². The van der Waals surface area contributed by atoms with Gasteiger partial charge >= 0.3 is 0 Å². The Hall–Kier alpha value is -3.85. The van der Waals surface area contributed by atoms with Crippen molar-refractivity contribution < 1.29 is 9.50 Å². The van der Waals surface area contributed by atoms with Crippen LogP contribution in [0.15, 0.2) is 71.9 Å². The minimum absolute atomic E-state index is 0.193. The molecule has 154 valence electrons. The number of anilines is 2. The maximum atomic E-state index is 13.3. The average Bonchev–Trinajstić information content (AvgIpc) is 3.16. The van der Waals surface area contributed by atoms with Crippen molar-refractivity contribution in [1.29, 1.82) is 0 Å². The maximum Gasteiger partial charge on any atom is 0.251 e. The number of aliphatic hydroxyl groups is 1. The van der Waals surface area contributed by atoms with Crippen molar-refractivity contribution in [3.63, 3.8) is 0 Å². The van der Waals surface area contributed by atoms with E-state index in [0.717, 1.165) is 18.5 Å². The first kappa shape index (κ1) is 20.9. The number of benzene rings is 1. The number of aryl methyl sites for hydroxylation is 1. The molecule has 0 radical (unpaired) electrons. The van der Waals surface area contributed by atoms with E-state index in [1.807, 2.05) is 13.1 Å². The smallest absolute Gasteiger partial charge is 0.251 e. The second kappa shape index (κ2) is 9.57. The fraction of sp³-hybridized carbons (Fsp3) is 0.143. The summed E-state index contributed by atoms with van der Waals surface area (Å²) in [6.45, 7) is 0.300. The predicted octanol–water partition coefficient (Wildman–Crippen LogP) is 2.58. The zero-order valence-electron chi connectivity index (χ0n) is 16.5. The summed E-state index contributed by atoms with van der Waals surface area (Å²) in [6, 6.07) is 13.1. The van der Waals surface area contributed by atoms with E-state index in [1.165, 1.54) is 22.8 Å². The van der Waals surface area contributed by atoms with E-state index in [-0.39, 0.29) is 11.4 Å². The minimum Gasteiger partial charge on any atom is -0.400 e. The Labute approximate surface area is 172 Å². The van der Waals surface area contributed by atoms with E-state index >= 15 is 0 Å². The van der Waals surface area contributed by atoms with Gasteiger partial charge in [-0.05, 0) is 29.8 Å². The van der Waals surface area contributed by atoms with Crippen LogP contribution < -0.4 is 10.9 Å². The summed E-state index contributed by atoms with van der Waals surface area (Å²) in [5.41, 5.74) is 1.83. The topological polar surface area (TPSA) is 97.9 Å². The minimum atomic E-state index is -0.323. The summed E-state index contributed by atoms with van der Waals surface area (Å²) in [5, 5.41) is 14.2. The molecule has 8 nitrogen and oxygen atoms in total. The fourth-order valence-corrected chi connectivity index (χ4v) is 2.82. The Morgan fingerprint density at radius 3 is 2.63 bits per heavy atom. The standard InChI is InChI=1S/C20H17FN6O.CH4O/c1-26-18(6-9-23-26)25-20-22-8-5-17(24-20)15-7-10-27(19(28)12-15)13-14-3-2-4-16(21)11-14;1-2/h2-12H,13H2,1H3,(H,22,24,25);2H,1H3. The number of nitrogens with one attached hydrogen (secondary N) is 1. The van der Waals surface area contributed by atoms with Crippen LogP contribution in [-0.4, -0.2) is 36.5 Å². The van der Waals surface area contributed by atoms with Crippen molar-refractivity contribution >= 4 is 11.8 Å². The van der Waals surface area contributed by atoms with Gasteiger partial charge in [-0.1, -0.05) is 12.1 Å². The summed E-state index contributed by atoms with van der Waals surface area (Å²) in [7, 11) is 2.81. The zero-order chi connectivity index (χ0) is 21.5. The highest BCUT2D eigenvalue weighted by Crippen LogP contribution is 2.18. The van der Waals surface area contributed by atoms with Crippen LogP contribution in [0, 0.1) is 5.82 Å². The van der Waals surface area contributed by atoms with Gasteiger partial charge < -0.3 is 15.0 Å². The SMILES string of the molecule is CO.Cn1nccc1Nc1nccc(-c2ccn(Cc3cccc(F)c3)c(=O)c2)n1. The molecule has 2 N–H and O–H groups in total. The van der Waals surface area contributed by atoms with Crippen molar-refractivity contribution in [2.24, 2.45) is 7.05 Å². The number of nitrogens with zero attached hydrogens (tertiary/aromatic N) is 5. The highest BCUT2D eigenvalue weighted by molar-refractivity contribution is 5.60. The number of pyridine rings is 1. The van der Waals surface area contributed by atoms with Crippen LogP contribution in [0.5, 0.6) is 0 Å². The number of aromatic nitrogens is 5. The van der Waals surface area contributed by atoms with Gasteiger partial charge in [0.2, 0.25) is 5.95 Å². The quantitative estimate of drug-likeness (QED) is 0.527. The summed E-state index contributed by atoms with van der Waals surface area (Å²) >= 11 is 0. The molecule has 0 spiro atoms. The molecule has 1 aromatic carbocycles. The third-order valence-corrected chi connectivity index (χ3v) is 4.25. The van der Waals surface area contributed by atoms with Gasteiger partial charge in [-0.15, -0.1) is 0 Å². The Balaban J connectivity index is 0.00000124. The van der Waals surface area contributed by atoms with Crippen molar-refractivity contribution in [3.8, 4) is 11.3 Å². The molecule has 30 heavy (non-hydrogen) atoms. The summed E-state index contributed by atoms with van der Waals surface area (Å²) < 4.78 is 16.5. The Bertz CT molecular complexity index is 1190. The van der Waals surface area contributed by atoms with Gasteiger partial charge in [0, 0.05) is 44.2 Å². The second-order valence-electron chi connectivity index (χ2n) is 6.24. The lowest BCUT2D eigenvalue weighted by Gasteiger charge is -2.09. The number of hydrogen-bond donors (Lipinski definition) is 2. The van der Waals surface area contributed by atoms with Crippen LogP contribution >= 0.6 is 0 Å². The third-order valence-electron chi connectivity index (χ3n) is 4.25. The molecule has 0 aliphatic rings. The molecule has 4 rings (SSSR count). The molecule has 3 aromatic heterocycles. The molecule has 0 bridgehead atoms. The van der Waals surface area contributed by atoms with Gasteiger partial charge in [-0.25, -0.2) is 14.4 Å². The van der Waals surface area contributed by atoms with Crippen molar-refractivity contribution in [1.82, 2.24) is 24.3 Å². The van der Waals surface area contributed by atoms with E-state index in [9.17, 15) is 9.18 Å². The highest BCUT2D eigenvalue weighted by Gasteiger charge is 2.07. The van der Waals surface area contributed by atoms with E-state index in [2.05, 4.69) is 20.4 Å². The molecule has 0 fully saturated rings. The van der Waals surface area contributed by atoms with Gasteiger partial charge in [0.15, 0.2) is 0 Å². The molecule has 9 heteroatoms. The molecule has 0 atom stereocenters. The molecule has 3 heterocycles. The summed E-state index contributed by atoms with van der Waals surface area (Å²) in [6.07, 6.45) is 4.97. The largest absolute Gasteiger partial charge is 0.400 e. The van der Waals surface area contributed by atoms with Gasteiger partial charge in [-0.3, -0.25) is 9.48 Å². The van der Waals surface area contributed by atoms with E-state index in [4.69, 9.17) is 5.11 Å². The van der Waals surface area contributed by atoms with Gasteiger partial charge in [0.05, 0.1) is 18.4 Å². The lowest BCUT2D eigenvalue weighted by molar-refractivity contribution is 0.399. The van der Waals surface area contributed by atoms with Gasteiger partial charge in [-0.2, -0.15) is 5.10 Å². The summed E-state index contributed by atoms with van der Waals surface area (Å²) in [5.74, 6) is 0.837. The maximum absolute atomic E-state index is 13.3. The fourth-order valence-electron chi connectivity index (χ4n) is 2.82. The number of hydrogen-bond acceptors (Lipinski definition) is 6. The lowest BCUT2D eigenvalue weighted by atomic mass is 10.2. The molecular weight excluding hydrogens is 387 g/mol. The van der Waals surface area contributed by atoms with Crippen LogP contribution in [-0.2, 0) is 13.6 Å². The normalized spacial score (nSPS) is 10.3. The highest BCUT2D eigenvalue weighted by atomic mass is 19.1. The third kappa shape index (κ3) is 4.95. The molecular formula is C21H21FN6O2. The zero-order valence-corrected chi connectivity index (χ0v) is 16.5. The number of aliphatic hydroxyl groups excluding tert-OH is 1. The van der Waals surface area contributed by atoms with Crippen LogP contribution in [0.4, 0.5) is 16.2 Å². The molecule has 0 aliphatic carbocycles. The molecule has 0 unspecified atom stereocenters. The first-order chi connectivity index (χ1) is 14.6. The lowest BCUT2D eigenvalue weighted by Crippen LogP contribution is -2.19.